The molecule has 1 aromatic rings. The summed E-state index contributed by atoms with van der Waals surface area (Å²) >= 11 is 11.9. The van der Waals surface area contributed by atoms with Crippen molar-refractivity contribution in [2.75, 3.05) is 0 Å². The Labute approximate surface area is 111 Å². The van der Waals surface area contributed by atoms with Crippen molar-refractivity contribution >= 4 is 29.2 Å². The van der Waals surface area contributed by atoms with Crippen LogP contribution in [0.3, 0.4) is 0 Å². The second-order valence-corrected chi connectivity index (χ2v) is 5.37. The van der Waals surface area contributed by atoms with Crippen LogP contribution in [0.1, 0.15) is 37.2 Å². The summed E-state index contributed by atoms with van der Waals surface area (Å²) in [6.07, 6.45) is 3.32. The van der Waals surface area contributed by atoms with E-state index in [1.54, 1.807) is 0 Å². The highest BCUT2D eigenvalue weighted by atomic mass is 35.5. The number of carboxylic acids is 1. The molecule has 1 aliphatic carbocycles. The maximum Gasteiger partial charge on any atom is 0.306 e. The molecule has 17 heavy (non-hydrogen) atoms. The topological polar surface area (TPSA) is 37.3 Å². The number of hydrogen-bond donors (Lipinski definition) is 1. The van der Waals surface area contributed by atoms with Crippen LogP contribution in [0.4, 0.5) is 0 Å². The molecule has 4 heteroatoms. The molecule has 1 saturated carbocycles. The van der Waals surface area contributed by atoms with Crippen molar-refractivity contribution in [2.24, 2.45) is 5.92 Å². The molecule has 1 aromatic carbocycles. The summed E-state index contributed by atoms with van der Waals surface area (Å²) in [6.45, 7) is 0. The number of halogens is 2. The zero-order chi connectivity index (χ0) is 12.4. The molecule has 92 valence electrons. The fraction of sp³-hybridized carbons (Fsp3) is 0.462. The van der Waals surface area contributed by atoms with Gasteiger partial charge in [0.15, 0.2) is 0 Å². The molecule has 1 fully saturated rings. The smallest absolute Gasteiger partial charge is 0.306 e. The van der Waals surface area contributed by atoms with Crippen molar-refractivity contribution in [1.82, 2.24) is 0 Å². The van der Waals surface area contributed by atoms with E-state index in [9.17, 15) is 4.79 Å². The van der Waals surface area contributed by atoms with Crippen molar-refractivity contribution in [1.29, 1.82) is 0 Å². The van der Waals surface area contributed by atoms with Gasteiger partial charge in [-0.1, -0.05) is 29.3 Å². The number of carbonyl (C=O) groups is 1. The molecular formula is C13H14Cl2O2. The second-order valence-electron chi connectivity index (χ2n) is 4.56. The maximum absolute atomic E-state index is 10.9. The summed E-state index contributed by atoms with van der Waals surface area (Å²) in [4.78, 5) is 10.9. The Morgan fingerprint density at radius 1 is 1.12 bits per heavy atom. The monoisotopic (exact) mass is 272 g/mol. The van der Waals surface area contributed by atoms with Gasteiger partial charge in [-0.05, 0) is 49.3 Å². The molecule has 2 rings (SSSR count). The van der Waals surface area contributed by atoms with E-state index in [-0.39, 0.29) is 5.92 Å². The fourth-order valence-electron chi connectivity index (χ4n) is 2.44. The van der Waals surface area contributed by atoms with E-state index in [2.05, 4.69) is 0 Å². The molecule has 0 saturated heterocycles. The quantitative estimate of drug-likeness (QED) is 0.869. The van der Waals surface area contributed by atoms with Gasteiger partial charge >= 0.3 is 5.97 Å². The lowest BCUT2D eigenvalue weighted by Crippen LogP contribution is -2.20. The number of rotatable bonds is 2. The average Bonchev–Trinajstić information content (AvgIpc) is 2.33. The molecule has 0 heterocycles. The first-order valence-electron chi connectivity index (χ1n) is 5.75. The molecular weight excluding hydrogens is 259 g/mol. The van der Waals surface area contributed by atoms with E-state index < -0.39 is 5.97 Å². The Morgan fingerprint density at radius 2 is 1.76 bits per heavy atom. The normalized spacial score (nSPS) is 24.6. The fourth-order valence-corrected chi connectivity index (χ4v) is 2.75. The van der Waals surface area contributed by atoms with Gasteiger partial charge in [0, 0.05) is 0 Å². The maximum atomic E-state index is 10.9. The van der Waals surface area contributed by atoms with Gasteiger partial charge in [0.2, 0.25) is 0 Å². The van der Waals surface area contributed by atoms with E-state index >= 15 is 0 Å². The minimum absolute atomic E-state index is 0.172. The van der Waals surface area contributed by atoms with Gasteiger partial charge in [-0.2, -0.15) is 0 Å². The largest absolute Gasteiger partial charge is 0.481 e. The molecule has 0 radical (unpaired) electrons. The van der Waals surface area contributed by atoms with E-state index in [0.29, 0.717) is 16.0 Å². The van der Waals surface area contributed by atoms with Crippen LogP contribution in [0, 0.1) is 5.92 Å². The molecule has 0 atom stereocenters. The predicted octanol–water partition coefficient (Wildman–Crippen LogP) is 4.35. The summed E-state index contributed by atoms with van der Waals surface area (Å²) in [7, 11) is 0. The molecule has 1 aliphatic rings. The summed E-state index contributed by atoms with van der Waals surface area (Å²) in [5.74, 6) is -0.424. The van der Waals surface area contributed by atoms with Gasteiger partial charge in [-0.3, -0.25) is 4.79 Å². The van der Waals surface area contributed by atoms with Crippen molar-refractivity contribution in [3.8, 4) is 0 Å². The van der Waals surface area contributed by atoms with Gasteiger partial charge in [0.05, 0.1) is 16.0 Å². The highest BCUT2D eigenvalue weighted by molar-refractivity contribution is 6.42. The van der Waals surface area contributed by atoms with Crippen LogP contribution in [-0.4, -0.2) is 11.1 Å². The van der Waals surface area contributed by atoms with Crippen LogP contribution in [-0.2, 0) is 4.79 Å². The lowest BCUT2D eigenvalue weighted by molar-refractivity contribution is -0.142. The van der Waals surface area contributed by atoms with Gasteiger partial charge in [-0.25, -0.2) is 0 Å². The van der Waals surface area contributed by atoms with E-state index in [1.807, 2.05) is 18.2 Å². The van der Waals surface area contributed by atoms with E-state index in [1.165, 1.54) is 5.56 Å². The van der Waals surface area contributed by atoms with Crippen LogP contribution in [0.5, 0.6) is 0 Å². The standard InChI is InChI=1S/C13H14Cl2O2/c14-11-6-5-10(7-12(11)15)8-1-3-9(4-2-8)13(16)17/h5-9H,1-4H2,(H,16,17). The molecule has 0 aromatic heterocycles. The predicted molar refractivity (Wildman–Crippen MR) is 68.8 cm³/mol. The number of aliphatic carboxylic acids is 1. The van der Waals surface area contributed by atoms with Crippen LogP contribution in [0.2, 0.25) is 10.0 Å². The van der Waals surface area contributed by atoms with Crippen molar-refractivity contribution in [3.63, 3.8) is 0 Å². The lowest BCUT2D eigenvalue weighted by atomic mass is 9.79. The third-order valence-electron chi connectivity index (χ3n) is 3.49. The number of hydrogen-bond acceptors (Lipinski definition) is 1. The summed E-state index contributed by atoms with van der Waals surface area (Å²) < 4.78 is 0. The molecule has 0 bridgehead atoms. The zero-order valence-electron chi connectivity index (χ0n) is 9.33. The third-order valence-corrected chi connectivity index (χ3v) is 4.23. The second kappa shape index (κ2) is 5.28. The summed E-state index contributed by atoms with van der Waals surface area (Å²) in [5, 5.41) is 10.1. The van der Waals surface area contributed by atoms with E-state index in [4.69, 9.17) is 28.3 Å². The Kier molecular flexibility index (Phi) is 3.95. The Balaban J connectivity index is 2.05. The minimum Gasteiger partial charge on any atom is -0.481 e. The summed E-state index contributed by atoms with van der Waals surface area (Å²) in [6, 6.07) is 5.69. The van der Waals surface area contributed by atoms with Crippen LogP contribution in [0.15, 0.2) is 18.2 Å². The average molecular weight is 273 g/mol. The van der Waals surface area contributed by atoms with Crippen LogP contribution in [0.25, 0.3) is 0 Å². The van der Waals surface area contributed by atoms with Gasteiger partial charge in [0.25, 0.3) is 0 Å². The zero-order valence-corrected chi connectivity index (χ0v) is 10.8. The van der Waals surface area contributed by atoms with Crippen LogP contribution < -0.4 is 0 Å². The van der Waals surface area contributed by atoms with E-state index in [0.717, 1.165) is 25.7 Å². The first-order chi connectivity index (χ1) is 8.08. The molecule has 1 N–H and O–H groups in total. The molecule has 2 nitrogen and oxygen atoms in total. The molecule has 0 unspecified atom stereocenters. The van der Waals surface area contributed by atoms with Crippen molar-refractivity contribution < 1.29 is 9.90 Å². The number of carboxylic acid groups (broad SMARTS) is 1. The highest BCUT2D eigenvalue weighted by Gasteiger charge is 2.26. The highest BCUT2D eigenvalue weighted by Crippen LogP contribution is 2.37. The number of benzene rings is 1. The molecule has 0 spiro atoms. The van der Waals surface area contributed by atoms with Crippen molar-refractivity contribution in [2.45, 2.75) is 31.6 Å². The van der Waals surface area contributed by atoms with Crippen LogP contribution >= 0.6 is 23.2 Å². The Hall–Kier alpha value is -0.730. The van der Waals surface area contributed by atoms with Gasteiger partial charge in [-0.15, -0.1) is 0 Å². The SMILES string of the molecule is O=C(O)C1CCC(c2ccc(Cl)c(Cl)c2)CC1. The van der Waals surface area contributed by atoms with Gasteiger partial charge in [0.1, 0.15) is 0 Å². The first kappa shape index (κ1) is 12.7. The summed E-state index contributed by atoms with van der Waals surface area (Å²) in [5.41, 5.74) is 1.17. The lowest BCUT2D eigenvalue weighted by Gasteiger charge is -2.26. The molecule has 0 aliphatic heterocycles. The van der Waals surface area contributed by atoms with Gasteiger partial charge < -0.3 is 5.11 Å². The first-order valence-corrected chi connectivity index (χ1v) is 6.51. The Bertz CT molecular complexity index is 423. The third kappa shape index (κ3) is 2.93. The molecule has 0 amide bonds. The Morgan fingerprint density at radius 3 is 2.29 bits per heavy atom. The minimum atomic E-state index is -0.669. The van der Waals surface area contributed by atoms with Crippen molar-refractivity contribution in [3.05, 3.63) is 33.8 Å².